The van der Waals surface area contributed by atoms with Gasteiger partial charge in [0.25, 0.3) is 5.91 Å². The summed E-state index contributed by atoms with van der Waals surface area (Å²) in [5, 5.41) is 24.4. The molecule has 1 N–H and O–H groups in total. The number of piperidine rings is 1. The third-order valence-corrected chi connectivity index (χ3v) is 6.21. The van der Waals surface area contributed by atoms with E-state index < -0.39 is 11.9 Å². The van der Waals surface area contributed by atoms with E-state index in [0.717, 1.165) is 49.8 Å². The van der Waals surface area contributed by atoms with Gasteiger partial charge in [0.2, 0.25) is 0 Å². The molecule has 2 atom stereocenters. The molecule has 152 valence electrons. The monoisotopic (exact) mass is 396 g/mol. The number of aliphatic hydroxyl groups is 1. The van der Waals surface area contributed by atoms with Crippen LogP contribution in [0.4, 0.5) is 4.39 Å². The number of hydrogen-bond donors (Lipinski definition) is 1. The van der Waals surface area contributed by atoms with E-state index in [1.807, 2.05) is 17.8 Å². The van der Waals surface area contributed by atoms with Gasteiger partial charge >= 0.3 is 0 Å². The minimum Gasteiger partial charge on any atom is -0.388 e. The summed E-state index contributed by atoms with van der Waals surface area (Å²) in [6.45, 7) is 1.06. The lowest BCUT2D eigenvalue weighted by Crippen LogP contribution is -2.42. The largest absolute Gasteiger partial charge is 0.388 e. The van der Waals surface area contributed by atoms with Gasteiger partial charge in [-0.2, -0.15) is 10.4 Å². The number of likely N-dealkylation sites (tertiary alicyclic amines) is 1. The van der Waals surface area contributed by atoms with Crippen LogP contribution in [0.25, 0.3) is 0 Å². The molecule has 1 aliphatic heterocycles. The van der Waals surface area contributed by atoms with Crippen LogP contribution in [0.2, 0.25) is 0 Å². The van der Waals surface area contributed by atoms with Gasteiger partial charge < -0.3 is 10.0 Å². The second-order valence-electron chi connectivity index (χ2n) is 8.05. The first-order valence-corrected chi connectivity index (χ1v) is 10.2. The summed E-state index contributed by atoms with van der Waals surface area (Å²) in [5.41, 5.74) is 3.21. The number of carbonyl (C=O) groups is 1. The van der Waals surface area contributed by atoms with E-state index in [-0.39, 0.29) is 17.4 Å². The number of amides is 1. The van der Waals surface area contributed by atoms with Crippen molar-refractivity contribution in [2.75, 3.05) is 13.1 Å². The minimum atomic E-state index is -0.851. The van der Waals surface area contributed by atoms with E-state index in [1.165, 1.54) is 18.2 Å². The second-order valence-corrected chi connectivity index (χ2v) is 8.05. The molecule has 1 amide bonds. The number of nitrogens with zero attached hydrogens (tertiary/aromatic N) is 4. The molecular weight excluding hydrogens is 371 g/mol. The molecule has 6 nitrogen and oxygen atoms in total. The van der Waals surface area contributed by atoms with Crippen molar-refractivity contribution in [1.29, 1.82) is 5.26 Å². The highest BCUT2D eigenvalue weighted by Crippen LogP contribution is 2.32. The number of benzene rings is 1. The Morgan fingerprint density at radius 2 is 2.14 bits per heavy atom. The van der Waals surface area contributed by atoms with Crippen LogP contribution in [-0.2, 0) is 19.9 Å². The molecular formula is C22H25FN4O2. The van der Waals surface area contributed by atoms with Crippen LogP contribution in [0.5, 0.6) is 0 Å². The highest BCUT2D eigenvalue weighted by molar-refractivity contribution is 5.94. The summed E-state index contributed by atoms with van der Waals surface area (Å²) in [6, 6.07) is 5.93. The van der Waals surface area contributed by atoms with Crippen LogP contribution in [0.15, 0.2) is 18.2 Å². The van der Waals surface area contributed by atoms with Gasteiger partial charge in [0.15, 0.2) is 5.69 Å². The van der Waals surface area contributed by atoms with Crippen molar-refractivity contribution in [3.05, 3.63) is 52.1 Å². The Balaban J connectivity index is 1.53. The van der Waals surface area contributed by atoms with Crippen LogP contribution < -0.4 is 0 Å². The molecule has 0 spiro atoms. The van der Waals surface area contributed by atoms with Gasteiger partial charge in [-0.1, -0.05) is 6.07 Å². The molecule has 1 aromatic carbocycles. The van der Waals surface area contributed by atoms with E-state index in [2.05, 4.69) is 5.10 Å². The molecule has 0 saturated carbocycles. The zero-order valence-corrected chi connectivity index (χ0v) is 16.6. The summed E-state index contributed by atoms with van der Waals surface area (Å²) in [4.78, 5) is 15.0. The predicted octanol–water partition coefficient (Wildman–Crippen LogP) is 2.90. The number of aromatic nitrogens is 2. The third-order valence-electron chi connectivity index (χ3n) is 6.21. The molecule has 2 unspecified atom stereocenters. The average molecular weight is 396 g/mol. The molecule has 0 radical (unpaired) electrons. The maximum atomic E-state index is 13.6. The lowest BCUT2D eigenvalue weighted by molar-refractivity contribution is 0.0396. The van der Waals surface area contributed by atoms with Crippen LogP contribution in [0.3, 0.4) is 0 Å². The normalized spacial score (nSPS) is 20.1. The molecule has 1 saturated heterocycles. The molecule has 7 heteroatoms. The number of aliphatic hydroxyl groups excluding tert-OH is 1. The van der Waals surface area contributed by atoms with E-state index in [9.17, 15) is 14.3 Å². The second kappa shape index (κ2) is 7.96. The Morgan fingerprint density at radius 1 is 1.34 bits per heavy atom. The smallest absolute Gasteiger partial charge is 0.274 e. The number of halogens is 1. The van der Waals surface area contributed by atoms with Gasteiger partial charge in [-0.3, -0.25) is 9.48 Å². The van der Waals surface area contributed by atoms with Crippen LogP contribution in [-0.4, -0.2) is 38.8 Å². The average Bonchev–Trinajstić information content (AvgIpc) is 3.10. The minimum absolute atomic E-state index is 0.0718. The Labute approximate surface area is 169 Å². The molecule has 2 aliphatic rings. The maximum absolute atomic E-state index is 13.6. The highest BCUT2D eigenvalue weighted by Gasteiger charge is 2.33. The van der Waals surface area contributed by atoms with E-state index in [1.54, 1.807) is 4.90 Å². The van der Waals surface area contributed by atoms with Gasteiger partial charge in [0, 0.05) is 37.3 Å². The lowest BCUT2D eigenvalue weighted by Gasteiger charge is -2.35. The van der Waals surface area contributed by atoms with E-state index in [4.69, 9.17) is 5.26 Å². The van der Waals surface area contributed by atoms with Gasteiger partial charge in [0.1, 0.15) is 11.9 Å². The molecule has 1 aliphatic carbocycles. The van der Waals surface area contributed by atoms with Crippen molar-refractivity contribution < 1.29 is 14.3 Å². The number of carbonyl (C=O) groups excluding carboxylic acids is 1. The molecule has 2 aromatic rings. The van der Waals surface area contributed by atoms with Crippen molar-refractivity contribution in [2.24, 2.45) is 13.0 Å². The number of rotatable bonds is 3. The fraction of sp³-hybridized carbons (Fsp3) is 0.500. The molecule has 0 bridgehead atoms. The maximum Gasteiger partial charge on any atom is 0.274 e. The molecule has 4 rings (SSSR count). The molecule has 2 heterocycles. The number of hydrogen-bond acceptors (Lipinski definition) is 4. The van der Waals surface area contributed by atoms with Gasteiger partial charge in [-0.05, 0) is 56.2 Å². The van der Waals surface area contributed by atoms with Crippen LogP contribution >= 0.6 is 0 Å². The van der Waals surface area contributed by atoms with Crippen molar-refractivity contribution in [3.8, 4) is 6.07 Å². The highest BCUT2D eigenvalue weighted by atomic mass is 19.1. The lowest BCUT2D eigenvalue weighted by atomic mass is 9.87. The zero-order chi connectivity index (χ0) is 20.5. The summed E-state index contributed by atoms with van der Waals surface area (Å²) in [7, 11) is 1.89. The zero-order valence-electron chi connectivity index (χ0n) is 16.6. The summed E-state index contributed by atoms with van der Waals surface area (Å²) >= 11 is 0. The fourth-order valence-electron chi connectivity index (χ4n) is 4.63. The van der Waals surface area contributed by atoms with Crippen molar-refractivity contribution in [3.63, 3.8) is 0 Å². The van der Waals surface area contributed by atoms with Crippen LogP contribution in [0, 0.1) is 23.1 Å². The first kappa shape index (κ1) is 19.6. The van der Waals surface area contributed by atoms with Crippen molar-refractivity contribution >= 4 is 5.91 Å². The van der Waals surface area contributed by atoms with E-state index >= 15 is 0 Å². The molecule has 29 heavy (non-hydrogen) atoms. The topological polar surface area (TPSA) is 82.2 Å². The number of aryl methyl sites for hydroxylation is 1. The van der Waals surface area contributed by atoms with Gasteiger partial charge in [-0.25, -0.2) is 4.39 Å². The SMILES string of the molecule is Cn1nc(C(=O)N2CCCC(C(O)c3ccc(F)c(C#N)c3)C2)c2c1CCCC2. The Hall–Kier alpha value is -2.72. The summed E-state index contributed by atoms with van der Waals surface area (Å²) < 4.78 is 15.4. The predicted molar refractivity (Wildman–Crippen MR) is 105 cm³/mol. The quantitative estimate of drug-likeness (QED) is 0.865. The Bertz CT molecular complexity index is 978. The molecule has 1 aromatic heterocycles. The molecule has 1 fully saturated rings. The van der Waals surface area contributed by atoms with Gasteiger partial charge in [-0.15, -0.1) is 0 Å². The Morgan fingerprint density at radius 3 is 2.93 bits per heavy atom. The first-order chi connectivity index (χ1) is 14.0. The summed E-state index contributed by atoms with van der Waals surface area (Å²) in [5.74, 6) is -0.828. The third kappa shape index (κ3) is 3.65. The first-order valence-electron chi connectivity index (χ1n) is 10.2. The van der Waals surface area contributed by atoms with Crippen molar-refractivity contribution in [1.82, 2.24) is 14.7 Å². The fourth-order valence-corrected chi connectivity index (χ4v) is 4.63. The van der Waals surface area contributed by atoms with Crippen molar-refractivity contribution in [2.45, 2.75) is 44.6 Å². The summed E-state index contributed by atoms with van der Waals surface area (Å²) in [6.07, 6.45) is 4.75. The standard InChI is InChI=1S/C22H25FN4O2/c1-26-19-7-3-2-6-17(19)20(25-26)22(29)27-10-4-5-15(13-27)21(28)14-8-9-18(23)16(11-14)12-24/h8-9,11,15,21,28H,2-7,10,13H2,1H3. The van der Waals surface area contributed by atoms with E-state index in [0.29, 0.717) is 24.3 Å². The van der Waals surface area contributed by atoms with Gasteiger partial charge in [0.05, 0.1) is 11.7 Å². The number of nitriles is 1. The van der Waals surface area contributed by atoms with Crippen LogP contribution in [0.1, 0.15) is 64.7 Å². The Kier molecular flexibility index (Phi) is 5.37. The number of fused-ring (bicyclic) bond motifs is 1.